The second kappa shape index (κ2) is 8.17. The van der Waals surface area contributed by atoms with E-state index >= 15 is 0 Å². The molecular weight excluding hydrogens is 453 g/mol. The molecule has 0 spiro atoms. The Balaban J connectivity index is 1.34. The van der Waals surface area contributed by atoms with Crippen LogP contribution < -0.4 is 5.32 Å². The summed E-state index contributed by atoms with van der Waals surface area (Å²) >= 11 is 1.55. The van der Waals surface area contributed by atoms with Crippen LogP contribution in [0.15, 0.2) is 72.6 Å². The minimum absolute atomic E-state index is 0.127. The van der Waals surface area contributed by atoms with Gasteiger partial charge in [0.05, 0.1) is 40.8 Å². The molecule has 0 atom stereocenters. The summed E-state index contributed by atoms with van der Waals surface area (Å²) in [6.07, 6.45) is 1.64. The Kier molecular flexibility index (Phi) is 5.17. The van der Waals surface area contributed by atoms with Crippen LogP contribution in [0.2, 0.25) is 0 Å². The number of nitrogens with one attached hydrogen (secondary N) is 1. The van der Waals surface area contributed by atoms with Crippen molar-refractivity contribution in [1.29, 1.82) is 0 Å². The maximum absolute atomic E-state index is 12.9. The first-order chi connectivity index (χ1) is 15.9. The summed E-state index contributed by atoms with van der Waals surface area (Å²) in [6, 6.07) is 10.8. The minimum atomic E-state index is -4.41. The summed E-state index contributed by atoms with van der Waals surface area (Å²) < 4.78 is 41.8. The van der Waals surface area contributed by atoms with Gasteiger partial charge >= 0.3 is 6.18 Å². The Hall–Kier alpha value is -3.99. The van der Waals surface area contributed by atoms with Crippen molar-refractivity contribution in [2.75, 3.05) is 5.32 Å². The largest absolute Gasteiger partial charge is 0.416 e. The lowest BCUT2D eigenvalue weighted by molar-refractivity contribution is -0.137. The number of hydrogen-bond acceptors (Lipinski definition) is 5. The first-order valence-corrected chi connectivity index (χ1v) is 10.6. The number of halogens is 3. The fourth-order valence-electron chi connectivity index (χ4n) is 3.41. The normalized spacial score (nSPS) is 11.7. The second-order valence-corrected chi connectivity index (χ2v) is 8.13. The van der Waals surface area contributed by atoms with E-state index in [9.17, 15) is 18.0 Å². The third kappa shape index (κ3) is 4.22. The summed E-state index contributed by atoms with van der Waals surface area (Å²) in [5, 5.41) is 13.1. The molecule has 0 aliphatic carbocycles. The molecule has 1 aromatic carbocycles. The summed E-state index contributed by atoms with van der Waals surface area (Å²) in [6.45, 7) is 0.127. The number of thiophene rings is 1. The number of amides is 1. The quantitative estimate of drug-likeness (QED) is 0.395. The molecule has 166 valence electrons. The van der Waals surface area contributed by atoms with Crippen LogP contribution in [0, 0.1) is 0 Å². The number of hydrogen-bond donors (Lipinski definition) is 1. The maximum atomic E-state index is 12.9. The second-order valence-electron chi connectivity index (χ2n) is 7.18. The number of anilines is 1. The highest BCUT2D eigenvalue weighted by atomic mass is 32.1. The van der Waals surface area contributed by atoms with E-state index in [-0.39, 0.29) is 6.54 Å². The fraction of sp³-hybridized carbons (Fsp3) is 0.0909. The van der Waals surface area contributed by atoms with Crippen molar-refractivity contribution in [2.45, 2.75) is 12.7 Å². The molecule has 5 aromatic rings. The molecule has 4 aromatic heterocycles. The molecule has 33 heavy (non-hydrogen) atoms. The average Bonchev–Trinajstić information content (AvgIpc) is 3.54. The predicted molar refractivity (Wildman–Crippen MR) is 117 cm³/mol. The van der Waals surface area contributed by atoms with E-state index in [0.29, 0.717) is 22.5 Å². The summed E-state index contributed by atoms with van der Waals surface area (Å²) in [5.41, 5.74) is 1.65. The maximum Gasteiger partial charge on any atom is 0.416 e. The molecule has 0 unspecified atom stereocenters. The zero-order valence-corrected chi connectivity index (χ0v) is 17.6. The van der Waals surface area contributed by atoms with E-state index in [0.717, 1.165) is 22.7 Å². The molecule has 4 heterocycles. The monoisotopic (exact) mass is 468 g/mol. The van der Waals surface area contributed by atoms with Gasteiger partial charge in [0.1, 0.15) is 5.56 Å². The zero-order valence-electron chi connectivity index (χ0n) is 16.8. The van der Waals surface area contributed by atoms with Gasteiger partial charge in [0.15, 0.2) is 5.65 Å². The third-order valence-electron chi connectivity index (χ3n) is 4.91. The van der Waals surface area contributed by atoms with Crippen LogP contribution in [0.4, 0.5) is 18.9 Å². The average molecular weight is 468 g/mol. The number of carbonyl (C=O) groups excluding carboxylic acids is 1. The van der Waals surface area contributed by atoms with Gasteiger partial charge in [0, 0.05) is 12.4 Å². The standard InChI is InChI=1S/C22H15F3N6OS/c23-22(24,25)15-4-1-3-14(9-15)12-30-13-16(10-27-30)29-21(32)17-11-28-31-18(6-7-26-20(17)31)19-5-2-8-33-19/h1-11,13H,12H2,(H,29,32). The Morgan fingerprint density at radius 1 is 1.09 bits per heavy atom. The predicted octanol–water partition coefficient (Wildman–Crippen LogP) is 4.97. The van der Waals surface area contributed by atoms with Crippen LogP contribution in [-0.2, 0) is 12.7 Å². The number of aromatic nitrogens is 5. The molecule has 0 aliphatic heterocycles. The number of rotatable bonds is 5. The van der Waals surface area contributed by atoms with E-state index in [2.05, 4.69) is 20.5 Å². The number of carbonyl (C=O) groups is 1. The molecular formula is C22H15F3N6OS. The Morgan fingerprint density at radius 2 is 1.97 bits per heavy atom. The van der Waals surface area contributed by atoms with Gasteiger partial charge in [-0.15, -0.1) is 11.3 Å². The number of nitrogens with zero attached hydrogens (tertiary/aromatic N) is 5. The number of benzene rings is 1. The van der Waals surface area contributed by atoms with E-state index < -0.39 is 17.6 Å². The minimum Gasteiger partial charge on any atom is -0.319 e. The topological polar surface area (TPSA) is 77.1 Å². The SMILES string of the molecule is O=C(Nc1cnn(Cc2cccc(C(F)(F)F)c2)c1)c1cnn2c(-c3cccs3)ccnc12. The Labute approximate surface area is 189 Å². The van der Waals surface area contributed by atoms with Gasteiger partial charge in [-0.3, -0.25) is 9.48 Å². The van der Waals surface area contributed by atoms with E-state index in [1.54, 1.807) is 34.3 Å². The van der Waals surface area contributed by atoms with Crippen LogP contribution in [0.1, 0.15) is 21.5 Å². The first kappa shape index (κ1) is 20.9. The van der Waals surface area contributed by atoms with Crippen molar-refractivity contribution in [3.8, 4) is 10.6 Å². The van der Waals surface area contributed by atoms with Crippen molar-refractivity contribution in [3.63, 3.8) is 0 Å². The van der Waals surface area contributed by atoms with Gasteiger partial charge in [0.2, 0.25) is 0 Å². The molecule has 0 radical (unpaired) electrons. The zero-order chi connectivity index (χ0) is 23.0. The van der Waals surface area contributed by atoms with Gasteiger partial charge in [0.25, 0.3) is 5.91 Å². The first-order valence-electron chi connectivity index (χ1n) is 9.75. The van der Waals surface area contributed by atoms with Gasteiger partial charge in [-0.1, -0.05) is 18.2 Å². The lowest BCUT2D eigenvalue weighted by Crippen LogP contribution is -2.11. The molecule has 0 bridgehead atoms. The summed E-state index contributed by atoms with van der Waals surface area (Å²) in [7, 11) is 0. The Morgan fingerprint density at radius 3 is 2.76 bits per heavy atom. The highest BCUT2D eigenvalue weighted by Gasteiger charge is 2.30. The smallest absolute Gasteiger partial charge is 0.319 e. The van der Waals surface area contributed by atoms with Gasteiger partial charge in [-0.2, -0.15) is 23.4 Å². The Bertz CT molecular complexity index is 1440. The molecule has 0 saturated carbocycles. The molecule has 11 heteroatoms. The van der Waals surface area contributed by atoms with Gasteiger partial charge in [-0.05, 0) is 35.2 Å². The van der Waals surface area contributed by atoms with Crippen LogP contribution in [-0.4, -0.2) is 30.3 Å². The van der Waals surface area contributed by atoms with Crippen molar-refractivity contribution in [2.24, 2.45) is 0 Å². The van der Waals surface area contributed by atoms with Crippen LogP contribution in [0.3, 0.4) is 0 Å². The van der Waals surface area contributed by atoms with E-state index in [1.165, 1.54) is 23.1 Å². The van der Waals surface area contributed by atoms with E-state index in [4.69, 9.17) is 0 Å². The number of alkyl halides is 3. The molecule has 1 amide bonds. The van der Waals surface area contributed by atoms with Crippen LogP contribution in [0.5, 0.6) is 0 Å². The van der Waals surface area contributed by atoms with Crippen LogP contribution in [0.25, 0.3) is 16.2 Å². The summed E-state index contributed by atoms with van der Waals surface area (Å²) in [5.74, 6) is -0.417. The molecule has 0 fully saturated rings. The van der Waals surface area contributed by atoms with Gasteiger partial charge < -0.3 is 5.32 Å². The molecule has 5 rings (SSSR count). The molecule has 1 N–H and O–H groups in total. The van der Waals surface area contributed by atoms with Crippen LogP contribution >= 0.6 is 11.3 Å². The molecule has 7 nitrogen and oxygen atoms in total. The number of fused-ring (bicyclic) bond motifs is 1. The fourth-order valence-corrected chi connectivity index (χ4v) is 4.14. The van der Waals surface area contributed by atoms with Gasteiger partial charge in [-0.25, -0.2) is 9.50 Å². The van der Waals surface area contributed by atoms with Crippen molar-refractivity contribution in [3.05, 3.63) is 89.3 Å². The van der Waals surface area contributed by atoms with Crippen molar-refractivity contribution in [1.82, 2.24) is 24.4 Å². The lowest BCUT2D eigenvalue weighted by atomic mass is 10.1. The van der Waals surface area contributed by atoms with Crippen molar-refractivity contribution < 1.29 is 18.0 Å². The summed E-state index contributed by atoms with van der Waals surface area (Å²) in [4.78, 5) is 18.1. The molecule has 0 saturated heterocycles. The van der Waals surface area contributed by atoms with Crippen molar-refractivity contribution >= 4 is 28.6 Å². The lowest BCUT2D eigenvalue weighted by Gasteiger charge is -2.08. The third-order valence-corrected chi connectivity index (χ3v) is 5.80. The highest BCUT2D eigenvalue weighted by Crippen LogP contribution is 2.30. The molecule has 0 aliphatic rings. The highest BCUT2D eigenvalue weighted by molar-refractivity contribution is 7.13. The van der Waals surface area contributed by atoms with E-state index in [1.807, 2.05) is 23.6 Å².